The quantitative estimate of drug-likeness (QED) is 0.415. The summed E-state index contributed by atoms with van der Waals surface area (Å²) in [5, 5.41) is 3.28. The van der Waals surface area contributed by atoms with Crippen molar-refractivity contribution in [2.24, 2.45) is 5.90 Å². The van der Waals surface area contributed by atoms with Crippen LogP contribution < -0.4 is 11.2 Å². The molecule has 0 aromatic heterocycles. The van der Waals surface area contributed by atoms with Crippen LogP contribution in [0.1, 0.15) is 0 Å². The zero-order valence-corrected chi connectivity index (χ0v) is 9.04. The summed E-state index contributed by atoms with van der Waals surface area (Å²) in [4.78, 5) is 9.31. The van der Waals surface area contributed by atoms with Gasteiger partial charge in [-0.15, -0.1) is 0 Å². The largest absolute Gasteiger partial charge is 0.313 e. The molecule has 0 aromatic rings. The standard InChI is InChI=1S/C9H22N4O/c1-12-5-7-13(8-6-12)4-2-11-3-9-14-10/h11H,2-10H2,1H3. The Morgan fingerprint density at radius 2 is 1.93 bits per heavy atom. The highest BCUT2D eigenvalue weighted by molar-refractivity contribution is 4.69. The van der Waals surface area contributed by atoms with E-state index in [0.29, 0.717) is 6.61 Å². The van der Waals surface area contributed by atoms with E-state index in [9.17, 15) is 0 Å². The van der Waals surface area contributed by atoms with E-state index < -0.39 is 0 Å². The summed E-state index contributed by atoms with van der Waals surface area (Å²) < 4.78 is 0. The van der Waals surface area contributed by atoms with E-state index in [0.717, 1.165) is 19.6 Å². The van der Waals surface area contributed by atoms with Crippen molar-refractivity contribution in [2.75, 3.05) is 59.5 Å². The number of piperazine rings is 1. The van der Waals surface area contributed by atoms with Gasteiger partial charge in [0.2, 0.25) is 0 Å². The number of rotatable bonds is 6. The zero-order valence-electron chi connectivity index (χ0n) is 9.04. The maximum absolute atomic E-state index is 4.91. The molecule has 1 fully saturated rings. The van der Waals surface area contributed by atoms with Crippen molar-refractivity contribution in [3.05, 3.63) is 0 Å². The van der Waals surface area contributed by atoms with Gasteiger partial charge in [-0.05, 0) is 7.05 Å². The molecule has 0 radical (unpaired) electrons. The topological polar surface area (TPSA) is 53.8 Å². The van der Waals surface area contributed by atoms with Crippen molar-refractivity contribution in [1.29, 1.82) is 0 Å². The van der Waals surface area contributed by atoms with Crippen LogP contribution >= 0.6 is 0 Å². The molecule has 0 atom stereocenters. The Morgan fingerprint density at radius 1 is 1.21 bits per heavy atom. The Hall–Kier alpha value is -0.200. The fraction of sp³-hybridized carbons (Fsp3) is 1.00. The number of hydrogen-bond acceptors (Lipinski definition) is 5. The molecular formula is C9H22N4O. The van der Waals surface area contributed by atoms with Crippen molar-refractivity contribution in [3.8, 4) is 0 Å². The number of nitrogens with two attached hydrogens (primary N) is 1. The average molecular weight is 202 g/mol. The van der Waals surface area contributed by atoms with Gasteiger partial charge in [0.05, 0.1) is 6.61 Å². The summed E-state index contributed by atoms with van der Waals surface area (Å²) >= 11 is 0. The molecule has 5 heteroatoms. The van der Waals surface area contributed by atoms with Crippen LogP contribution in [0.5, 0.6) is 0 Å². The lowest BCUT2D eigenvalue weighted by molar-refractivity contribution is 0.134. The third-order valence-corrected chi connectivity index (χ3v) is 2.60. The van der Waals surface area contributed by atoms with Crippen LogP contribution in [-0.4, -0.2) is 69.3 Å². The Balaban J connectivity index is 1.91. The van der Waals surface area contributed by atoms with Gasteiger partial charge in [-0.2, -0.15) is 0 Å². The van der Waals surface area contributed by atoms with Crippen molar-refractivity contribution in [2.45, 2.75) is 0 Å². The molecule has 3 N–H and O–H groups in total. The van der Waals surface area contributed by atoms with Crippen molar-refractivity contribution in [1.82, 2.24) is 15.1 Å². The molecule has 0 aromatic carbocycles. The third kappa shape index (κ3) is 4.88. The first-order chi connectivity index (χ1) is 6.83. The van der Waals surface area contributed by atoms with Crippen LogP contribution in [-0.2, 0) is 4.84 Å². The highest BCUT2D eigenvalue weighted by Gasteiger charge is 2.12. The average Bonchev–Trinajstić information content (AvgIpc) is 2.21. The second kappa shape index (κ2) is 7.14. The molecule has 1 saturated heterocycles. The summed E-state index contributed by atoms with van der Waals surface area (Å²) in [6, 6.07) is 0. The second-order valence-corrected chi connectivity index (χ2v) is 3.77. The molecule has 0 unspecified atom stereocenters. The second-order valence-electron chi connectivity index (χ2n) is 3.77. The van der Waals surface area contributed by atoms with E-state index in [-0.39, 0.29) is 0 Å². The first-order valence-electron chi connectivity index (χ1n) is 5.26. The monoisotopic (exact) mass is 202 g/mol. The van der Waals surface area contributed by atoms with Gasteiger partial charge in [-0.1, -0.05) is 0 Å². The van der Waals surface area contributed by atoms with E-state index in [2.05, 4.69) is 27.0 Å². The summed E-state index contributed by atoms with van der Waals surface area (Å²) in [6.07, 6.45) is 0. The summed E-state index contributed by atoms with van der Waals surface area (Å²) in [6.45, 7) is 8.31. The van der Waals surface area contributed by atoms with E-state index in [1.165, 1.54) is 26.2 Å². The van der Waals surface area contributed by atoms with E-state index in [1.54, 1.807) is 0 Å². The van der Waals surface area contributed by atoms with Crippen LogP contribution in [0.3, 0.4) is 0 Å². The van der Waals surface area contributed by atoms with Gasteiger partial charge in [-0.3, -0.25) is 4.90 Å². The first-order valence-corrected chi connectivity index (χ1v) is 5.26. The lowest BCUT2D eigenvalue weighted by Gasteiger charge is -2.32. The van der Waals surface area contributed by atoms with Gasteiger partial charge >= 0.3 is 0 Å². The number of likely N-dealkylation sites (N-methyl/N-ethyl adjacent to an activating group) is 1. The summed E-state index contributed by atoms with van der Waals surface area (Å²) in [5.41, 5.74) is 0. The highest BCUT2D eigenvalue weighted by atomic mass is 16.6. The number of nitrogens with one attached hydrogen (secondary N) is 1. The fourth-order valence-corrected chi connectivity index (χ4v) is 1.56. The maximum atomic E-state index is 4.91. The molecule has 1 heterocycles. The maximum Gasteiger partial charge on any atom is 0.0803 e. The molecule has 0 saturated carbocycles. The molecular weight excluding hydrogens is 180 g/mol. The molecule has 0 bridgehead atoms. The lowest BCUT2D eigenvalue weighted by Crippen LogP contribution is -2.46. The minimum Gasteiger partial charge on any atom is -0.313 e. The minimum atomic E-state index is 0.586. The van der Waals surface area contributed by atoms with Gasteiger partial charge in [0.1, 0.15) is 0 Å². The number of hydrogen-bond donors (Lipinski definition) is 2. The van der Waals surface area contributed by atoms with Gasteiger partial charge < -0.3 is 15.1 Å². The van der Waals surface area contributed by atoms with Crippen LogP contribution in [0.2, 0.25) is 0 Å². The highest BCUT2D eigenvalue weighted by Crippen LogP contribution is 1.97. The molecule has 84 valence electrons. The molecule has 0 amide bonds. The zero-order chi connectivity index (χ0) is 10.2. The molecule has 5 nitrogen and oxygen atoms in total. The Labute approximate surface area is 86.1 Å². The molecule has 1 aliphatic heterocycles. The first kappa shape index (κ1) is 11.9. The number of nitrogens with zero attached hydrogens (tertiary/aromatic N) is 2. The van der Waals surface area contributed by atoms with Crippen LogP contribution in [0, 0.1) is 0 Å². The third-order valence-electron chi connectivity index (χ3n) is 2.60. The van der Waals surface area contributed by atoms with Crippen molar-refractivity contribution < 1.29 is 4.84 Å². The van der Waals surface area contributed by atoms with Crippen molar-refractivity contribution >= 4 is 0 Å². The summed E-state index contributed by atoms with van der Waals surface area (Å²) in [5.74, 6) is 4.91. The van der Waals surface area contributed by atoms with Gasteiger partial charge in [0.25, 0.3) is 0 Å². The minimum absolute atomic E-state index is 0.586. The predicted octanol–water partition coefficient (Wildman–Crippen LogP) is -1.29. The molecule has 14 heavy (non-hydrogen) atoms. The van der Waals surface area contributed by atoms with Crippen LogP contribution in [0.25, 0.3) is 0 Å². The van der Waals surface area contributed by atoms with Gasteiger partial charge in [-0.25, -0.2) is 5.90 Å². The normalized spacial score (nSPS) is 20.1. The molecule has 0 spiro atoms. The van der Waals surface area contributed by atoms with E-state index in [1.807, 2.05) is 0 Å². The SMILES string of the molecule is CN1CCN(CCNCCON)CC1. The van der Waals surface area contributed by atoms with Crippen molar-refractivity contribution in [3.63, 3.8) is 0 Å². The van der Waals surface area contributed by atoms with Crippen LogP contribution in [0.4, 0.5) is 0 Å². The van der Waals surface area contributed by atoms with Crippen LogP contribution in [0.15, 0.2) is 0 Å². The smallest absolute Gasteiger partial charge is 0.0803 e. The molecule has 0 aliphatic carbocycles. The van der Waals surface area contributed by atoms with Gasteiger partial charge in [0, 0.05) is 45.8 Å². The lowest BCUT2D eigenvalue weighted by atomic mass is 10.3. The predicted molar refractivity (Wildman–Crippen MR) is 56.9 cm³/mol. The molecule has 1 aliphatic rings. The van der Waals surface area contributed by atoms with E-state index >= 15 is 0 Å². The summed E-state index contributed by atoms with van der Waals surface area (Å²) in [7, 11) is 2.17. The Kier molecular flexibility index (Phi) is 6.05. The van der Waals surface area contributed by atoms with Gasteiger partial charge in [0.15, 0.2) is 0 Å². The Bertz CT molecular complexity index is 137. The van der Waals surface area contributed by atoms with E-state index in [4.69, 9.17) is 5.90 Å². The Morgan fingerprint density at radius 3 is 2.57 bits per heavy atom. The molecule has 1 rings (SSSR count). The fourth-order valence-electron chi connectivity index (χ4n) is 1.56.